The van der Waals surface area contributed by atoms with Crippen molar-refractivity contribution in [3.05, 3.63) is 0 Å². The fourth-order valence-electron chi connectivity index (χ4n) is 2.59. The first-order valence-corrected chi connectivity index (χ1v) is 9.15. The van der Waals surface area contributed by atoms with Crippen molar-refractivity contribution in [1.29, 1.82) is 0 Å². The van der Waals surface area contributed by atoms with E-state index in [0.717, 1.165) is 52.1 Å². The third-order valence-corrected chi connectivity index (χ3v) is 3.89. The SMILES string of the molecule is CNCCN(C)COCCC(C)CC(C)(C)OCCCNCOC. The second-order valence-corrected chi connectivity index (χ2v) is 7.21. The lowest BCUT2D eigenvalue weighted by molar-refractivity contribution is -0.0379. The maximum Gasteiger partial charge on any atom is 0.0988 e. The highest BCUT2D eigenvalue weighted by Crippen LogP contribution is 2.22. The third-order valence-electron chi connectivity index (χ3n) is 3.89. The predicted molar refractivity (Wildman–Crippen MR) is 100 cm³/mol. The fourth-order valence-corrected chi connectivity index (χ4v) is 2.59. The van der Waals surface area contributed by atoms with E-state index in [0.29, 0.717) is 19.4 Å². The van der Waals surface area contributed by atoms with Crippen LogP contribution in [-0.4, -0.2) is 78.0 Å². The lowest BCUT2D eigenvalue weighted by Gasteiger charge is -2.29. The van der Waals surface area contributed by atoms with E-state index in [-0.39, 0.29) is 5.60 Å². The summed E-state index contributed by atoms with van der Waals surface area (Å²) in [6.07, 6.45) is 3.13. The summed E-state index contributed by atoms with van der Waals surface area (Å²) in [4.78, 5) is 2.19. The van der Waals surface area contributed by atoms with Crippen LogP contribution >= 0.6 is 0 Å². The zero-order chi connectivity index (χ0) is 18.3. The van der Waals surface area contributed by atoms with Gasteiger partial charge in [0.1, 0.15) is 0 Å². The molecule has 0 bridgehead atoms. The summed E-state index contributed by atoms with van der Waals surface area (Å²) in [5.41, 5.74) is -0.0791. The van der Waals surface area contributed by atoms with Gasteiger partial charge in [0.25, 0.3) is 0 Å². The summed E-state index contributed by atoms with van der Waals surface area (Å²) >= 11 is 0. The van der Waals surface area contributed by atoms with Crippen LogP contribution in [0.2, 0.25) is 0 Å². The molecule has 0 fully saturated rings. The lowest BCUT2D eigenvalue weighted by Crippen LogP contribution is -2.30. The van der Waals surface area contributed by atoms with E-state index < -0.39 is 0 Å². The molecule has 0 radical (unpaired) electrons. The van der Waals surface area contributed by atoms with Crippen LogP contribution in [0, 0.1) is 5.92 Å². The van der Waals surface area contributed by atoms with Crippen LogP contribution in [0.5, 0.6) is 0 Å². The van der Waals surface area contributed by atoms with Crippen molar-refractivity contribution in [2.24, 2.45) is 5.92 Å². The van der Waals surface area contributed by atoms with Gasteiger partial charge in [-0.05, 0) is 59.7 Å². The van der Waals surface area contributed by atoms with Crippen LogP contribution < -0.4 is 10.6 Å². The van der Waals surface area contributed by atoms with Crippen molar-refractivity contribution in [3.63, 3.8) is 0 Å². The van der Waals surface area contributed by atoms with E-state index in [2.05, 4.69) is 43.4 Å². The summed E-state index contributed by atoms with van der Waals surface area (Å²) in [7, 11) is 5.74. The first kappa shape index (κ1) is 23.8. The summed E-state index contributed by atoms with van der Waals surface area (Å²) in [6, 6.07) is 0. The average Bonchev–Trinajstić information content (AvgIpc) is 2.52. The topological polar surface area (TPSA) is 55.0 Å². The van der Waals surface area contributed by atoms with Gasteiger partial charge < -0.3 is 19.5 Å². The number of methoxy groups -OCH3 is 1. The minimum atomic E-state index is -0.0791. The van der Waals surface area contributed by atoms with E-state index >= 15 is 0 Å². The molecule has 0 saturated heterocycles. The van der Waals surface area contributed by atoms with E-state index in [9.17, 15) is 0 Å². The molecule has 0 rings (SSSR count). The molecular formula is C18H41N3O3. The maximum atomic E-state index is 6.03. The molecule has 0 heterocycles. The summed E-state index contributed by atoms with van der Waals surface area (Å²) < 4.78 is 16.7. The minimum absolute atomic E-state index is 0.0791. The zero-order valence-corrected chi connectivity index (χ0v) is 16.8. The molecule has 0 aliphatic carbocycles. The van der Waals surface area contributed by atoms with Gasteiger partial charge in [0.05, 0.1) is 19.1 Å². The number of nitrogens with zero attached hydrogens (tertiary/aromatic N) is 1. The molecule has 1 unspecified atom stereocenters. The molecule has 0 spiro atoms. The zero-order valence-electron chi connectivity index (χ0n) is 16.8. The lowest BCUT2D eigenvalue weighted by atomic mass is 9.92. The van der Waals surface area contributed by atoms with Crippen molar-refractivity contribution in [1.82, 2.24) is 15.5 Å². The van der Waals surface area contributed by atoms with Gasteiger partial charge >= 0.3 is 0 Å². The second-order valence-electron chi connectivity index (χ2n) is 7.21. The highest BCUT2D eigenvalue weighted by Gasteiger charge is 2.21. The van der Waals surface area contributed by atoms with Gasteiger partial charge in [0.2, 0.25) is 0 Å². The van der Waals surface area contributed by atoms with Gasteiger partial charge in [0.15, 0.2) is 0 Å². The molecule has 0 aliphatic rings. The first-order valence-electron chi connectivity index (χ1n) is 9.15. The molecule has 2 N–H and O–H groups in total. The molecule has 0 amide bonds. The average molecular weight is 348 g/mol. The fraction of sp³-hybridized carbons (Fsp3) is 1.00. The number of rotatable bonds is 17. The predicted octanol–water partition coefficient (Wildman–Crippen LogP) is 1.91. The van der Waals surface area contributed by atoms with Crippen molar-refractivity contribution in [2.45, 2.75) is 45.6 Å². The van der Waals surface area contributed by atoms with E-state index in [4.69, 9.17) is 14.2 Å². The molecule has 146 valence electrons. The Balaban J connectivity index is 3.66. The van der Waals surface area contributed by atoms with Crippen molar-refractivity contribution in [3.8, 4) is 0 Å². The van der Waals surface area contributed by atoms with Gasteiger partial charge in [-0.25, -0.2) is 0 Å². The Morgan fingerprint density at radius 1 is 1.17 bits per heavy atom. The highest BCUT2D eigenvalue weighted by atomic mass is 16.5. The molecular weight excluding hydrogens is 306 g/mol. The van der Waals surface area contributed by atoms with Crippen LogP contribution in [0.4, 0.5) is 0 Å². The maximum absolute atomic E-state index is 6.03. The smallest absolute Gasteiger partial charge is 0.0988 e. The number of hydrogen-bond acceptors (Lipinski definition) is 6. The Kier molecular flexibility index (Phi) is 14.9. The van der Waals surface area contributed by atoms with Gasteiger partial charge in [-0.1, -0.05) is 6.92 Å². The van der Waals surface area contributed by atoms with Crippen molar-refractivity contribution >= 4 is 0 Å². The minimum Gasteiger partial charge on any atom is -0.376 e. The Morgan fingerprint density at radius 3 is 2.58 bits per heavy atom. The Bertz CT molecular complexity index is 278. The van der Waals surface area contributed by atoms with Crippen LogP contribution in [0.15, 0.2) is 0 Å². The van der Waals surface area contributed by atoms with E-state index in [1.54, 1.807) is 7.11 Å². The molecule has 0 aromatic rings. The third kappa shape index (κ3) is 15.3. The van der Waals surface area contributed by atoms with Crippen LogP contribution in [0.1, 0.15) is 40.0 Å². The quantitative estimate of drug-likeness (QED) is 0.310. The van der Waals surface area contributed by atoms with Crippen molar-refractivity contribution in [2.75, 3.05) is 67.5 Å². The molecule has 0 saturated carbocycles. The number of ether oxygens (including phenoxy) is 3. The first-order chi connectivity index (χ1) is 11.4. The molecule has 24 heavy (non-hydrogen) atoms. The molecule has 0 aromatic heterocycles. The Labute approximate surface area is 149 Å². The molecule has 0 aromatic carbocycles. The summed E-state index contributed by atoms with van der Waals surface area (Å²) in [5.74, 6) is 0.592. The molecule has 0 aliphatic heterocycles. The highest BCUT2D eigenvalue weighted by molar-refractivity contribution is 4.72. The molecule has 6 nitrogen and oxygen atoms in total. The summed E-state index contributed by atoms with van der Waals surface area (Å²) in [5, 5.41) is 6.33. The van der Waals surface area contributed by atoms with Gasteiger partial charge in [0, 0.05) is 33.4 Å². The Morgan fingerprint density at radius 2 is 1.92 bits per heavy atom. The van der Waals surface area contributed by atoms with Crippen LogP contribution in [0.25, 0.3) is 0 Å². The van der Waals surface area contributed by atoms with Crippen LogP contribution in [-0.2, 0) is 14.2 Å². The van der Waals surface area contributed by atoms with E-state index in [1.807, 2.05) is 7.05 Å². The molecule has 6 heteroatoms. The summed E-state index contributed by atoms with van der Waals surface area (Å²) in [6.45, 7) is 12.4. The normalized spacial score (nSPS) is 13.6. The largest absolute Gasteiger partial charge is 0.376 e. The molecule has 1 atom stereocenters. The van der Waals surface area contributed by atoms with Crippen LogP contribution in [0.3, 0.4) is 0 Å². The monoisotopic (exact) mass is 347 g/mol. The number of nitrogens with one attached hydrogen (secondary N) is 2. The second kappa shape index (κ2) is 15.0. The van der Waals surface area contributed by atoms with Crippen molar-refractivity contribution < 1.29 is 14.2 Å². The number of likely N-dealkylation sites (N-methyl/N-ethyl adjacent to an activating group) is 2. The van der Waals surface area contributed by atoms with Gasteiger partial charge in [-0.15, -0.1) is 0 Å². The Hall–Kier alpha value is -0.240. The van der Waals surface area contributed by atoms with E-state index in [1.165, 1.54) is 0 Å². The standard InChI is InChI=1S/C18H41N3O3/c1-17(8-13-23-16-21(5)11-10-19-4)14-18(2,3)24-12-7-9-20-15-22-6/h17,19-20H,7-16H2,1-6H3. The number of hydrogen-bond donors (Lipinski definition) is 2. The van der Waals surface area contributed by atoms with Gasteiger partial charge in [-0.2, -0.15) is 0 Å². The van der Waals surface area contributed by atoms with Gasteiger partial charge in [-0.3, -0.25) is 10.2 Å².